The standard InChI is InChI=1S/C20H17N3O5/c1-26-14-4-2-3-13(8-14)15-9-16(23-20(25)22-15)19(24)21-10-12-5-6-17-18(7-12)28-11-27-17/h2-9H,10-11H2,1H3,(H,21,24)(H,22,23,25). The van der Waals surface area contributed by atoms with Gasteiger partial charge in [-0.25, -0.2) is 4.79 Å². The zero-order chi connectivity index (χ0) is 19.5. The number of fused-ring (bicyclic) bond motifs is 1. The van der Waals surface area contributed by atoms with Crippen LogP contribution in [0, 0.1) is 0 Å². The third-order valence-corrected chi connectivity index (χ3v) is 4.24. The lowest BCUT2D eigenvalue weighted by Gasteiger charge is -2.08. The topological polar surface area (TPSA) is 103 Å². The average molecular weight is 379 g/mol. The molecule has 28 heavy (non-hydrogen) atoms. The minimum Gasteiger partial charge on any atom is -0.497 e. The van der Waals surface area contributed by atoms with Gasteiger partial charge < -0.3 is 24.5 Å². The molecule has 2 N–H and O–H groups in total. The molecule has 4 rings (SSSR count). The van der Waals surface area contributed by atoms with Gasteiger partial charge in [0, 0.05) is 12.1 Å². The van der Waals surface area contributed by atoms with Gasteiger partial charge in [-0.1, -0.05) is 18.2 Å². The van der Waals surface area contributed by atoms with Crippen LogP contribution in [0.5, 0.6) is 17.2 Å². The Hall–Kier alpha value is -3.81. The average Bonchev–Trinajstić information content (AvgIpc) is 3.19. The lowest BCUT2D eigenvalue weighted by Crippen LogP contribution is -2.27. The van der Waals surface area contributed by atoms with Crippen LogP contribution >= 0.6 is 0 Å². The Morgan fingerprint density at radius 1 is 1.18 bits per heavy atom. The third-order valence-electron chi connectivity index (χ3n) is 4.24. The normalized spacial score (nSPS) is 11.9. The fraction of sp³-hybridized carbons (Fsp3) is 0.150. The summed E-state index contributed by atoms with van der Waals surface area (Å²) in [5.41, 5.74) is 1.43. The van der Waals surface area contributed by atoms with Gasteiger partial charge in [-0.2, -0.15) is 4.98 Å². The number of nitrogens with one attached hydrogen (secondary N) is 2. The monoisotopic (exact) mass is 379 g/mol. The molecule has 8 heteroatoms. The summed E-state index contributed by atoms with van der Waals surface area (Å²) in [6.45, 7) is 0.463. The molecule has 1 aliphatic heterocycles. The van der Waals surface area contributed by atoms with Gasteiger partial charge >= 0.3 is 5.69 Å². The van der Waals surface area contributed by atoms with Gasteiger partial charge in [0.15, 0.2) is 11.5 Å². The van der Waals surface area contributed by atoms with Crippen molar-refractivity contribution in [3.05, 3.63) is 70.3 Å². The molecular weight excluding hydrogens is 362 g/mol. The highest BCUT2D eigenvalue weighted by atomic mass is 16.7. The highest BCUT2D eigenvalue weighted by Gasteiger charge is 2.15. The first-order valence-electron chi connectivity index (χ1n) is 8.55. The largest absolute Gasteiger partial charge is 0.497 e. The molecular formula is C20H17N3O5. The number of carbonyl (C=O) groups is 1. The number of rotatable bonds is 5. The van der Waals surface area contributed by atoms with E-state index in [1.807, 2.05) is 6.07 Å². The molecule has 3 aromatic rings. The van der Waals surface area contributed by atoms with Crippen LogP contribution in [0.3, 0.4) is 0 Å². The molecule has 0 bridgehead atoms. The van der Waals surface area contributed by atoms with Crippen LogP contribution in [-0.2, 0) is 6.54 Å². The maximum absolute atomic E-state index is 12.5. The molecule has 0 unspecified atom stereocenters. The number of carbonyl (C=O) groups excluding carboxylic acids is 1. The minimum absolute atomic E-state index is 0.124. The van der Waals surface area contributed by atoms with Gasteiger partial charge in [-0.05, 0) is 35.9 Å². The second kappa shape index (κ2) is 7.43. The smallest absolute Gasteiger partial charge is 0.346 e. The predicted octanol–water partition coefficient (Wildman–Crippen LogP) is 2.10. The van der Waals surface area contributed by atoms with Crippen molar-refractivity contribution in [1.82, 2.24) is 15.3 Å². The van der Waals surface area contributed by atoms with E-state index in [-0.39, 0.29) is 19.0 Å². The summed E-state index contributed by atoms with van der Waals surface area (Å²) in [6, 6.07) is 14.1. The summed E-state index contributed by atoms with van der Waals surface area (Å²) >= 11 is 0. The van der Waals surface area contributed by atoms with Crippen LogP contribution in [-0.4, -0.2) is 29.8 Å². The van der Waals surface area contributed by atoms with E-state index in [2.05, 4.69) is 15.3 Å². The van der Waals surface area contributed by atoms with Crippen molar-refractivity contribution < 1.29 is 19.0 Å². The Morgan fingerprint density at radius 2 is 2.04 bits per heavy atom. The molecule has 2 heterocycles. The predicted molar refractivity (Wildman–Crippen MR) is 101 cm³/mol. The summed E-state index contributed by atoms with van der Waals surface area (Å²) < 4.78 is 15.8. The molecule has 0 fully saturated rings. The Balaban J connectivity index is 1.52. The quantitative estimate of drug-likeness (QED) is 0.704. The van der Waals surface area contributed by atoms with Crippen LogP contribution in [0.2, 0.25) is 0 Å². The number of H-pyrrole nitrogens is 1. The molecule has 1 aromatic heterocycles. The van der Waals surface area contributed by atoms with Crippen LogP contribution < -0.4 is 25.2 Å². The number of aromatic amines is 1. The molecule has 0 saturated carbocycles. The second-order valence-corrected chi connectivity index (χ2v) is 6.09. The van der Waals surface area contributed by atoms with Gasteiger partial charge in [0.25, 0.3) is 5.91 Å². The highest BCUT2D eigenvalue weighted by Crippen LogP contribution is 2.32. The van der Waals surface area contributed by atoms with E-state index in [4.69, 9.17) is 14.2 Å². The highest BCUT2D eigenvalue weighted by molar-refractivity contribution is 5.93. The Morgan fingerprint density at radius 3 is 2.89 bits per heavy atom. The minimum atomic E-state index is -0.603. The van der Waals surface area contributed by atoms with Crippen LogP contribution in [0.1, 0.15) is 16.1 Å². The maximum Gasteiger partial charge on any atom is 0.346 e. The van der Waals surface area contributed by atoms with Crippen molar-refractivity contribution in [1.29, 1.82) is 0 Å². The maximum atomic E-state index is 12.5. The molecule has 0 spiro atoms. The summed E-state index contributed by atoms with van der Waals surface area (Å²) in [5.74, 6) is 1.54. The van der Waals surface area contributed by atoms with E-state index in [9.17, 15) is 9.59 Å². The van der Waals surface area contributed by atoms with E-state index in [0.717, 1.165) is 5.56 Å². The number of hydrogen-bond donors (Lipinski definition) is 2. The van der Waals surface area contributed by atoms with Crippen molar-refractivity contribution in [2.45, 2.75) is 6.54 Å². The molecule has 0 atom stereocenters. The summed E-state index contributed by atoms with van der Waals surface area (Å²) in [6.07, 6.45) is 0. The third kappa shape index (κ3) is 3.66. The first-order chi connectivity index (χ1) is 13.6. The van der Waals surface area contributed by atoms with Crippen molar-refractivity contribution in [2.75, 3.05) is 13.9 Å². The molecule has 0 saturated heterocycles. The molecule has 0 aliphatic carbocycles. The van der Waals surface area contributed by atoms with E-state index >= 15 is 0 Å². The Kier molecular flexibility index (Phi) is 4.67. The SMILES string of the molecule is COc1cccc(-c2cc(C(=O)NCc3ccc4c(c3)OCO4)[nH]c(=O)n2)c1. The Labute approximate surface area is 160 Å². The fourth-order valence-electron chi connectivity index (χ4n) is 2.84. The second-order valence-electron chi connectivity index (χ2n) is 6.09. The number of amides is 1. The van der Waals surface area contributed by atoms with Crippen molar-refractivity contribution >= 4 is 5.91 Å². The zero-order valence-corrected chi connectivity index (χ0v) is 15.0. The number of nitrogens with zero attached hydrogens (tertiary/aromatic N) is 1. The summed E-state index contributed by atoms with van der Waals surface area (Å²) in [4.78, 5) is 30.9. The number of aromatic nitrogens is 2. The number of benzene rings is 2. The molecule has 142 valence electrons. The zero-order valence-electron chi connectivity index (χ0n) is 15.0. The van der Waals surface area contributed by atoms with Crippen LogP contribution in [0.15, 0.2) is 53.3 Å². The van der Waals surface area contributed by atoms with Gasteiger partial charge in [-0.15, -0.1) is 0 Å². The Bertz CT molecular complexity index is 1090. The van der Waals surface area contributed by atoms with Gasteiger partial charge in [-0.3, -0.25) is 4.79 Å². The molecule has 1 aliphatic rings. The van der Waals surface area contributed by atoms with Crippen LogP contribution in [0.25, 0.3) is 11.3 Å². The van der Waals surface area contributed by atoms with Crippen molar-refractivity contribution in [3.63, 3.8) is 0 Å². The summed E-state index contributed by atoms with van der Waals surface area (Å²) in [7, 11) is 1.55. The van der Waals surface area contributed by atoms with E-state index in [1.54, 1.807) is 43.5 Å². The van der Waals surface area contributed by atoms with E-state index < -0.39 is 11.6 Å². The molecule has 2 aromatic carbocycles. The fourth-order valence-corrected chi connectivity index (χ4v) is 2.84. The molecule has 0 radical (unpaired) electrons. The number of ether oxygens (including phenoxy) is 3. The van der Waals surface area contributed by atoms with E-state index in [1.165, 1.54) is 6.07 Å². The first kappa shape index (κ1) is 17.6. The number of hydrogen-bond acceptors (Lipinski definition) is 6. The van der Waals surface area contributed by atoms with Gasteiger partial charge in [0.05, 0.1) is 12.8 Å². The summed E-state index contributed by atoms with van der Waals surface area (Å²) in [5, 5.41) is 2.78. The first-order valence-corrected chi connectivity index (χ1v) is 8.55. The lowest BCUT2D eigenvalue weighted by molar-refractivity contribution is 0.0945. The van der Waals surface area contributed by atoms with Gasteiger partial charge in [0.1, 0.15) is 11.4 Å². The molecule has 1 amide bonds. The molecule has 8 nitrogen and oxygen atoms in total. The van der Waals surface area contributed by atoms with Crippen molar-refractivity contribution in [3.8, 4) is 28.5 Å². The lowest BCUT2D eigenvalue weighted by atomic mass is 10.1. The van der Waals surface area contributed by atoms with Crippen molar-refractivity contribution in [2.24, 2.45) is 0 Å². The number of methoxy groups -OCH3 is 1. The van der Waals surface area contributed by atoms with E-state index in [0.29, 0.717) is 28.5 Å². The van der Waals surface area contributed by atoms with Gasteiger partial charge in [0.2, 0.25) is 6.79 Å². The van der Waals surface area contributed by atoms with Crippen LogP contribution in [0.4, 0.5) is 0 Å².